The number of benzene rings is 1. The van der Waals surface area contributed by atoms with Crippen LogP contribution in [0, 0.1) is 0 Å². The summed E-state index contributed by atoms with van der Waals surface area (Å²) in [5.41, 5.74) is 0.404. The summed E-state index contributed by atoms with van der Waals surface area (Å²) in [5, 5.41) is 2.82. The zero-order valence-corrected chi connectivity index (χ0v) is 16.5. The van der Waals surface area contributed by atoms with Crippen LogP contribution in [0.4, 0.5) is 5.95 Å². The van der Waals surface area contributed by atoms with E-state index in [1.807, 2.05) is 34.9 Å². The number of carbonyl (C=O) groups is 1. The summed E-state index contributed by atoms with van der Waals surface area (Å²) in [4.78, 5) is 40.5. The third-order valence-electron chi connectivity index (χ3n) is 6.03. The molecule has 0 saturated carbocycles. The third-order valence-corrected chi connectivity index (χ3v) is 6.03. The average Bonchev–Trinajstić information content (AvgIpc) is 3.37. The van der Waals surface area contributed by atoms with Crippen LogP contribution < -0.4 is 15.8 Å². The summed E-state index contributed by atoms with van der Waals surface area (Å²) in [5.74, 6) is 1.08. The number of aryl methyl sites for hydroxylation is 1. The van der Waals surface area contributed by atoms with Gasteiger partial charge in [-0.2, -0.15) is 4.98 Å². The number of nitrogens with one attached hydrogen (secondary N) is 1. The van der Waals surface area contributed by atoms with Gasteiger partial charge in [0.15, 0.2) is 0 Å². The standard InChI is InChI=1S/C22H22N6O2/c29-18(25-13-16-5-2-1-3-6-16)17-14-27-11-7-22(20(27)26-19(17)30)8-12-28(15-22)21-23-9-4-10-24-21/h1-6,9-10,14H,7-8,11-13,15H2,(H,25,29)/t22-/m1/s1. The third kappa shape index (κ3) is 3.24. The Morgan fingerprint density at radius 2 is 1.83 bits per heavy atom. The number of carbonyl (C=O) groups excluding carboxylic acids is 1. The van der Waals surface area contributed by atoms with Crippen LogP contribution in [0.25, 0.3) is 0 Å². The van der Waals surface area contributed by atoms with Gasteiger partial charge < -0.3 is 14.8 Å². The van der Waals surface area contributed by atoms with E-state index in [1.54, 1.807) is 24.7 Å². The highest BCUT2D eigenvalue weighted by molar-refractivity contribution is 5.93. The Morgan fingerprint density at radius 3 is 2.63 bits per heavy atom. The van der Waals surface area contributed by atoms with E-state index < -0.39 is 11.5 Å². The first-order valence-electron chi connectivity index (χ1n) is 10.1. The lowest BCUT2D eigenvalue weighted by atomic mass is 9.85. The molecule has 2 aromatic heterocycles. The first-order valence-corrected chi connectivity index (χ1v) is 10.1. The number of fused-ring (bicyclic) bond motifs is 2. The number of hydrogen-bond donors (Lipinski definition) is 1. The molecule has 3 aromatic rings. The van der Waals surface area contributed by atoms with Gasteiger partial charge in [0.25, 0.3) is 11.5 Å². The highest BCUT2D eigenvalue weighted by atomic mass is 16.2. The molecule has 8 heteroatoms. The summed E-state index contributed by atoms with van der Waals surface area (Å²) in [6.07, 6.45) is 6.91. The highest BCUT2D eigenvalue weighted by Gasteiger charge is 2.46. The smallest absolute Gasteiger partial charge is 0.285 e. The van der Waals surface area contributed by atoms with Gasteiger partial charge in [0.05, 0.1) is 0 Å². The van der Waals surface area contributed by atoms with Crippen molar-refractivity contribution < 1.29 is 4.79 Å². The van der Waals surface area contributed by atoms with Crippen LogP contribution in [0.2, 0.25) is 0 Å². The highest BCUT2D eigenvalue weighted by Crippen LogP contribution is 2.41. The van der Waals surface area contributed by atoms with Gasteiger partial charge in [0, 0.05) is 50.2 Å². The second kappa shape index (κ2) is 7.37. The number of aromatic nitrogens is 4. The Labute approximate surface area is 173 Å². The van der Waals surface area contributed by atoms with E-state index in [0.717, 1.165) is 43.9 Å². The number of nitrogens with zero attached hydrogens (tertiary/aromatic N) is 5. The van der Waals surface area contributed by atoms with E-state index in [0.29, 0.717) is 12.5 Å². The van der Waals surface area contributed by atoms with Gasteiger partial charge in [-0.25, -0.2) is 9.97 Å². The van der Waals surface area contributed by atoms with Crippen LogP contribution >= 0.6 is 0 Å². The van der Waals surface area contributed by atoms with Crippen molar-refractivity contribution in [1.82, 2.24) is 24.8 Å². The van der Waals surface area contributed by atoms with Crippen molar-refractivity contribution in [1.29, 1.82) is 0 Å². The first kappa shape index (κ1) is 18.5. The minimum absolute atomic E-state index is 0.0907. The van der Waals surface area contributed by atoms with E-state index in [1.165, 1.54) is 0 Å². The number of hydrogen-bond acceptors (Lipinski definition) is 6. The molecule has 152 valence electrons. The number of amides is 1. The molecule has 1 spiro atoms. The molecule has 1 atom stereocenters. The normalized spacial score (nSPS) is 19.8. The summed E-state index contributed by atoms with van der Waals surface area (Å²) >= 11 is 0. The molecule has 30 heavy (non-hydrogen) atoms. The van der Waals surface area contributed by atoms with Crippen molar-refractivity contribution in [2.45, 2.75) is 31.3 Å². The minimum atomic E-state index is -0.470. The molecule has 1 amide bonds. The van der Waals surface area contributed by atoms with E-state index in [4.69, 9.17) is 0 Å². The van der Waals surface area contributed by atoms with Crippen molar-refractivity contribution in [3.8, 4) is 0 Å². The Kier molecular flexibility index (Phi) is 4.54. The molecule has 1 fully saturated rings. The SMILES string of the molecule is O=C(NCc1ccccc1)c1cn2c(nc1=O)[C@@]1(CCN(c3ncccn3)C1)CC2. The molecule has 1 aromatic carbocycles. The van der Waals surface area contributed by atoms with Crippen LogP contribution in [0.1, 0.15) is 34.6 Å². The molecule has 1 N–H and O–H groups in total. The lowest BCUT2D eigenvalue weighted by molar-refractivity contribution is 0.0948. The van der Waals surface area contributed by atoms with Crippen molar-refractivity contribution >= 4 is 11.9 Å². The van der Waals surface area contributed by atoms with E-state index >= 15 is 0 Å². The maximum absolute atomic E-state index is 12.7. The number of anilines is 1. The van der Waals surface area contributed by atoms with Crippen molar-refractivity contribution in [3.63, 3.8) is 0 Å². The fraction of sp³-hybridized carbons (Fsp3) is 0.318. The predicted molar refractivity (Wildman–Crippen MR) is 111 cm³/mol. The van der Waals surface area contributed by atoms with Crippen LogP contribution in [0.3, 0.4) is 0 Å². The molecular formula is C22H22N6O2. The summed E-state index contributed by atoms with van der Waals surface area (Å²) < 4.78 is 1.97. The monoisotopic (exact) mass is 402 g/mol. The molecule has 0 radical (unpaired) electrons. The van der Waals surface area contributed by atoms with Crippen molar-refractivity contribution in [2.75, 3.05) is 18.0 Å². The molecule has 4 heterocycles. The van der Waals surface area contributed by atoms with Crippen LogP contribution in [0.15, 0.2) is 59.8 Å². The molecule has 2 aliphatic heterocycles. The average molecular weight is 402 g/mol. The maximum Gasteiger partial charge on any atom is 0.285 e. The van der Waals surface area contributed by atoms with E-state index in [-0.39, 0.29) is 11.0 Å². The van der Waals surface area contributed by atoms with Gasteiger partial charge in [-0.15, -0.1) is 0 Å². The van der Waals surface area contributed by atoms with Gasteiger partial charge in [-0.05, 0) is 24.5 Å². The molecule has 2 aliphatic rings. The second-order valence-corrected chi connectivity index (χ2v) is 7.90. The van der Waals surface area contributed by atoms with Crippen molar-refractivity contribution in [3.05, 3.63) is 82.3 Å². The lowest BCUT2D eigenvalue weighted by Gasteiger charge is -2.23. The molecule has 0 aliphatic carbocycles. The molecule has 8 nitrogen and oxygen atoms in total. The maximum atomic E-state index is 12.7. The van der Waals surface area contributed by atoms with E-state index in [2.05, 4.69) is 25.2 Å². The van der Waals surface area contributed by atoms with Crippen LogP contribution in [0.5, 0.6) is 0 Å². The zero-order chi connectivity index (χ0) is 20.6. The van der Waals surface area contributed by atoms with Crippen LogP contribution in [-0.4, -0.2) is 38.5 Å². The fourth-order valence-corrected chi connectivity index (χ4v) is 4.45. The quantitative estimate of drug-likeness (QED) is 0.711. The number of rotatable bonds is 4. The summed E-state index contributed by atoms with van der Waals surface area (Å²) in [7, 11) is 0. The van der Waals surface area contributed by atoms with Gasteiger partial charge in [0.2, 0.25) is 5.95 Å². The molecule has 1 saturated heterocycles. The van der Waals surface area contributed by atoms with Crippen LogP contribution in [-0.2, 0) is 18.5 Å². The lowest BCUT2D eigenvalue weighted by Crippen LogP contribution is -2.35. The van der Waals surface area contributed by atoms with Gasteiger partial charge in [-0.3, -0.25) is 9.59 Å². The topological polar surface area (TPSA) is 93.0 Å². The minimum Gasteiger partial charge on any atom is -0.348 e. The van der Waals surface area contributed by atoms with Gasteiger partial charge in [0.1, 0.15) is 11.4 Å². The summed E-state index contributed by atoms with van der Waals surface area (Å²) in [6, 6.07) is 11.4. The second-order valence-electron chi connectivity index (χ2n) is 7.90. The van der Waals surface area contributed by atoms with Gasteiger partial charge >= 0.3 is 0 Å². The predicted octanol–water partition coefficient (Wildman–Crippen LogP) is 1.52. The Balaban J connectivity index is 1.36. The Morgan fingerprint density at radius 1 is 1.07 bits per heavy atom. The zero-order valence-electron chi connectivity index (χ0n) is 16.5. The fourth-order valence-electron chi connectivity index (χ4n) is 4.45. The van der Waals surface area contributed by atoms with Crippen molar-refractivity contribution in [2.24, 2.45) is 0 Å². The summed E-state index contributed by atoms with van der Waals surface area (Å²) in [6.45, 7) is 2.66. The molecular weight excluding hydrogens is 380 g/mol. The largest absolute Gasteiger partial charge is 0.348 e. The molecule has 0 unspecified atom stereocenters. The first-order chi connectivity index (χ1) is 14.6. The van der Waals surface area contributed by atoms with Gasteiger partial charge in [-0.1, -0.05) is 30.3 Å². The van der Waals surface area contributed by atoms with E-state index in [9.17, 15) is 9.59 Å². The Hall–Kier alpha value is -3.55. The molecule has 0 bridgehead atoms. The molecule has 5 rings (SSSR count). The Bertz CT molecular complexity index is 1130.